The van der Waals surface area contributed by atoms with Crippen molar-refractivity contribution in [3.8, 4) is 11.9 Å². The quantitative estimate of drug-likeness (QED) is 0.727. The van der Waals surface area contributed by atoms with Crippen LogP contribution in [0.1, 0.15) is 41.9 Å². The molecule has 0 unspecified atom stereocenters. The van der Waals surface area contributed by atoms with E-state index in [-0.39, 0.29) is 34.9 Å². The molecule has 0 radical (unpaired) electrons. The maximum atomic E-state index is 12.5. The molecule has 1 aliphatic carbocycles. The number of fused-ring (bicyclic) bond motifs is 1. The number of nitriles is 1. The Labute approximate surface area is 166 Å². The number of ether oxygens (including phenoxy) is 1. The molecule has 0 aliphatic heterocycles. The summed E-state index contributed by atoms with van der Waals surface area (Å²) < 4.78 is 11.4. The van der Waals surface area contributed by atoms with Crippen molar-refractivity contribution >= 4 is 16.9 Å². The number of nitrogens with one attached hydrogen (secondary N) is 1. The number of rotatable bonds is 4. The second-order valence-electron chi connectivity index (χ2n) is 6.86. The van der Waals surface area contributed by atoms with Gasteiger partial charge in [0.15, 0.2) is 11.2 Å². The molecule has 4 rings (SSSR count). The summed E-state index contributed by atoms with van der Waals surface area (Å²) in [5.74, 6) is -0.163. The van der Waals surface area contributed by atoms with Gasteiger partial charge in [0.05, 0.1) is 5.39 Å². The normalized spacial score (nSPS) is 18.7. The number of para-hydroxylation sites is 1. The Morgan fingerprint density at radius 1 is 1.17 bits per heavy atom. The van der Waals surface area contributed by atoms with E-state index in [0.29, 0.717) is 36.7 Å². The Morgan fingerprint density at radius 3 is 2.72 bits per heavy atom. The third-order valence-corrected chi connectivity index (χ3v) is 4.92. The molecular formula is C21H18N4O4. The average molecular weight is 390 g/mol. The highest BCUT2D eigenvalue weighted by molar-refractivity contribution is 5.93. The molecule has 146 valence electrons. The fourth-order valence-corrected chi connectivity index (χ4v) is 3.44. The summed E-state index contributed by atoms with van der Waals surface area (Å²) in [5.41, 5.74) is 0.306. The molecule has 1 saturated carbocycles. The Bertz CT molecular complexity index is 1140. The van der Waals surface area contributed by atoms with E-state index < -0.39 is 5.91 Å². The van der Waals surface area contributed by atoms with Crippen molar-refractivity contribution in [2.45, 2.75) is 37.8 Å². The van der Waals surface area contributed by atoms with Gasteiger partial charge in [-0.15, -0.1) is 0 Å². The average Bonchev–Trinajstić information content (AvgIpc) is 2.75. The molecule has 0 spiro atoms. The van der Waals surface area contributed by atoms with E-state index in [1.54, 1.807) is 24.3 Å². The van der Waals surface area contributed by atoms with Gasteiger partial charge in [-0.25, -0.2) is 9.97 Å². The Hall–Kier alpha value is -3.73. The van der Waals surface area contributed by atoms with Gasteiger partial charge >= 0.3 is 0 Å². The van der Waals surface area contributed by atoms with Crippen molar-refractivity contribution in [3.05, 3.63) is 64.4 Å². The van der Waals surface area contributed by atoms with Crippen LogP contribution in [0.2, 0.25) is 0 Å². The molecule has 1 N–H and O–H groups in total. The number of benzene rings is 1. The van der Waals surface area contributed by atoms with Crippen molar-refractivity contribution in [2.24, 2.45) is 0 Å². The van der Waals surface area contributed by atoms with Crippen LogP contribution in [-0.4, -0.2) is 28.0 Å². The van der Waals surface area contributed by atoms with Crippen molar-refractivity contribution in [1.29, 1.82) is 5.26 Å². The first-order valence-electron chi connectivity index (χ1n) is 9.35. The first-order valence-corrected chi connectivity index (χ1v) is 9.35. The van der Waals surface area contributed by atoms with Crippen LogP contribution in [0, 0.1) is 11.3 Å². The van der Waals surface area contributed by atoms with E-state index in [0.717, 1.165) is 0 Å². The number of hydrogen-bond acceptors (Lipinski definition) is 7. The van der Waals surface area contributed by atoms with Gasteiger partial charge in [-0.2, -0.15) is 5.26 Å². The van der Waals surface area contributed by atoms with E-state index >= 15 is 0 Å². The Balaban J connectivity index is 1.37. The van der Waals surface area contributed by atoms with Crippen LogP contribution in [-0.2, 0) is 0 Å². The first kappa shape index (κ1) is 18.6. The topological polar surface area (TPSA) is 118 Å². The maximum absolute atomic E-state index is 12.5. The standard InChI is InChI=1S/C21H18N4O4/c22-12-16-21(24-10-9-23-16)28-14-7-5-13(6-8-14)25-20(27)19-11-17(26)15-3-1-2-4-18(15)29-19/h1-4,9-11,13-14H,5-8H2,(H,25,27). The molecule has 8 nitrogen and oxygen atoms in total. The number of aromatic nitrogens is 2. The largest absolute Gasteiger partial charge is 0.472 e. The highest BCUT2D eigenvalue weighted by Gasteiger charge is 2.26. The minimum absolute atomic E-state index is 0.00490. The van der Waals surface area contributed by atoms with Gasteiger partial charge in [0.1, 0.15) is 17.8 Å². The third kappa shape index (κ3) is 4.09. The second kappa shape index (κ2) is 8.10. The Kier molecular flexibility index (Phi) is 5.20. The lowest BCUT2D eigenvalue weighted by atomic mass is 9.93. The molecule has 1 aliphatic rings. The number of hydrogen-bond donors (Lipinski definition) is 1. The van der Waals surface area contributed by atoms with Gasteiger partial charge in [0.25, 0.3) is 11.8 Å². The molecule has 0 bridgehead atoms. The highest BCUT2D eigenvalue weighted by Crippen LogP contribution is 2.24. The lowest BCUT2D eigenvalue weighted by Gasteiger charge is -2.29. The summed E-state index contributed by atoms with van der Waals surface area (Å²) in [5, 5.41) is 12.4. The summed E-state index contributed by atoms with van der Waals surface area (Å²) in [7, 11) is 0. The summed E-state index contributed by atoms with van der Waals surface area (Å²) in [6.07, 6.45) is 5.66. The summed E-state index contributed by atoms with van der Waals surface area (Å²) in [6.45, 7) is 0. The molecule has 2 heterocycles. The zero-order valence-corrected chi connectivity index (χ0v) is 15.5. The zero-order valence-electron chi connectivity index (χ0n) is 15.5. The first-order chi connectivity index (χ1) is 14.1. The van der Waals surface area contributed by atoms with Crippen molar-refractivity contribution in [2.75, 3.05) is 0 Å². The molecule has 0 atom stereocenters. The van der Waals surface area contributed by atoms with Gasteiger partial charge in [-0.3, -0.25) is 9.59 Å². The monoisotopic (exact) mass is 390 g/mol. The van der Waals surface area contributed by atoms with Crippen molar-refractivity contribution in [1.82, 2.24) is 15.3 Å². The van der Waals surface area contributed by atoms with Gasteiger partial charge in [0.2, 0.25) is 5.69 Å². The van der Waals surface area contributed by atoms with Crippen LogP contribution in [0.4, 0.5) is 0 Å². The van der Waals surface area contributed by atoms with E-state index in [9.17, 15) is 9.59 Å². The van der Waals surface area contributed by atoms with Crippen molar-refractivity contribution in [3.63, 3.8) is 0 Å². The van der Waals surface area contributed by atoms with Crippen molar-refractivity contribution < 1.29 is 13.9 Å². The lowest BCUT2D eigenvalue weighted by Crippen LogP contribution is -2.40. The summed E-state index contributed by atoms with van der Waals surface area (Å²) >= 11 is 0. The molecule has 1 fully saturated rings. The summed E-state index contributed by atoms with van der Waals surface area (Å²) in [6, 6.07) is 9.98. The highest BCUT2D eigenvalue weighted by atomic mass is 16.5. The second-order valence-corrected chi connectivity index (χ2v) is 6.86. The van der Waals surface area contributed by atoms with Crippen LogP contribution in [0.3, 0.4) is 0 Å². The molecule has 1 amide bonds. The number of amides is 1. The van der Waals surface area contributed by atoms with Crippen LogP contribution in [0.15, 0.2) is 51.9 Å². The van der Waals surface area contributed by atoms with Crippen LogP contribution < -0.4 is 15.5 Å². The van der Waals surface area contributed by atoms with E-state index in [1.165, 1.54) is 18.5 Å². The number of carbonyl (C=O) groups excluding carboxylic acids is 1. The predicted octanol–water partition coefficient (Wildman–Crippen LogP) is 2.57. The molecule has 0 saturated heterocycles. The molecule has 8 heteroatoms. The lowest BCUT2D eigenvalue weighted by molar-refractivity contribution is 0.0863. The fraction of sp³-hybridized carbons (Fsp3) is 0.286. The van der Waals surface area contributed by atoms with E-state index in [2.05, 4.69) is 15.3 Å². The van der Waals surface area contributed by atoms with E-state index in [1.807, 2.05) is 6.07 Å². The Morgan fingerprint density at radius 2 is 1.93 bits per heavy atom. The van der Waals surface area contributed by atoms with Gasteiger partial charge in [-0.1, -0.05) is 12.1 Å². The van der Waals surface area contributed by atoms with Gasteiger partial charge in [0, 0.05) is 24.5 Å². The van der Waals surface area contributed by atoms with Crippen LogP contribution in [0.5, 0.6) is 5.88 Å². The van der Waals surface area contributed by atoms with Crippen LogP contribution >= 0.6 is 0 Å². The summed E-state index contributed by atoms with van der Waals surface area (Å²) in [4.78, 5) is 32.7. The molecule has 1 aromatic carbocycles. The fourth-order valence-electron chi connectivity index (χ4n) is 3.44. The third-order valence-electron chi connectivity index (χ3n) is 4.92. The molecule has 3 aromatic rings. The van der Waals surface area contributed by atoms with Gasteiger partial charge < -0.3 is 14.5 Å². The number of nitrogens with zero attached hydrogens (tertiary/aromatic N) is 3. The molecular weight excluding hydrogens is 372 g/mol. The minimum atomic E-state index is -0.405. The van der Waals surface area contributed by atoms with Crippen LogP contribution in [0.25, 0.3) is 11.0 Å². The maximum Gasteiger partial charge on any atom is 0.287 e. The van der Waals surface area contributed by atoms with Gasteiger partial charge in [-0.05, 0) is 37.8 Å². The number of carbonyl (C=O) groups is 1. The zero-order chi connectivity index (χ0) is 20.2. The molecule has 29 heavy (non-hydrogen) atoms. The predicted molar refractivity (Wildman–Crippen MR) is 103 cm³/mol. The van der Waals surface area contributed by atoms with E-state index in [4.69, 9.17) is 14.4 Å². The minimum Gasteiger partial charge on any atom is -0.472 e. The molecule has 2 aromatic heterocycles. The smallest absolute Gasteiger partial charge is 0.287 e. The SMILES string of the molecule is N#Cc1nccnc1OC1CCC(NC(=O)c2cc(=O)c3ccccc3o2)CC1.